The lowest BCUT2D eigenvalue weighted by molar-refractivity contribution is 0.238. The summed E-state index contributed by atoms with van der Waals surface area (Å²) < 4.78 is 24.3. The van der Waals surface area contributed by atoms with Crippen LogP contribution < -0.4 is 9.47 Å². The van der Waals surface area contributed by atoms with Gasteiger partial charge in [0.05, 0.1) is 6.61 Å². The number of rotatable bonds is 4. The number of ether oxygens (including phenoxy) is 2. The number of halogens is 1. The Bertz CT molecular complexity index is 978. The summed E-state index contributed by atoms with van der Waals surface area (Å²) in [5, 5.41) is 17.8. The summed E-state index contributed by atoms with van der Waals surface area (Å²) in [5.41, 5.74) is 0.506. The fourth-order valence-corrected chi connectivity index (χ4v) is 3.88. The minimum atomic E-state index is -0.537. The molecule has 1 saturated heterocycles. The Kier molecular flexibility index (Phi) is 10.0. The Morgan fingerprint density at radius 3 is 2.21 bits per heavy atom. The van der Waals surface area contributed by atoms with Crippen LogP contribution in [0.3, 0.4) is 0 Å². The first-order chi connectivity index (χ1) is 16.5. The highest BCUT2D eigenvalue weighted by Gasteiger charge is 2.23. The number of benzene rings is 3. The maximum Gasteiger partial charge on any atom is 0.171 e. The molecule has 2 aliphatic heterocycles. The molecule has 1 fully saturated rings. The summed E-state index contributed by atoms with van der Waals surface area (Å²) in [6, 6.07) is 21.7. The highest BCUT2D eigenvalue weighted by molar-refractivity contribution is 5.44. The maximum atomic E-state index is 13.4. The van der Waals surface area contributed by atoms with Crippen molar-refractivity contribution in [2.75, 3.05) is 32.8 Å². The lowest BCUT2D eigenvalue weighted by Gasteiger charge is -2.23. The molecule has 5 rings (SSSR count). The highest BCUT2D eigenvalue weighted by atomic mass is 19.1. The molecular weight excluding hydrogens is 433 g/mol. The van der Waals surface area contributed by atoms with E-state index < -0.39 is 5.82 Å². The van der Waals surface area contributed by atoms with E-state index >= 15 is 0 Å². The first-order valence-electron chi connectivity index (χ1n) is 11.8. The summed E-state index contributed by atoms with van der Waals surface area (Å²) in [4.78, 5) is 2.46. The third-order valence-corrected chi connectivity index (χ3v) is 5.79. The second kappa shape index (κ2) is 13.5. The quantitative estimate of drug-likeness (QED) is 0.495. The van der Waals surface area contributed by atoms with Gasteiger partial charge < -0.3 is 19.7 Å². The molecule has 0 spiro atoms. The second-order valence-corrected chi connectivity index (χ2v) is 8.39. The number of phenolic OH excluding ortho intramolecular Hbond substituents is 2. The number of hydrogen-bond acceptors (Lipinski definition) is 5. The Morgan fingerprint density at radius 1 is 0.941 bits per heavy atom. The minimum Gasteiger partial charge on any atom is -0.508 e. The molecule has 2 N–H and O–H groups in total. The maximum absolute atomic E-state index is 13.4. The van der Waals surface area contributed by atoms with Gasteiger partial charge in [-0.25, -0.2) is 4.39 Å². The zero-order valence-electron chi connectivity index (χ0n) is 19.7. The van der Waals surface area contributed by atoms with Gasteiger partial charge in [0.25, 0.3) is 0 Å². The molecule has 6 heteroatoms. The zero-order chi connectivity index (χ0) is 24.2. The lowest BCUT2D eigenvalue weighted by Crippen LogP contribution is -2.25. The minimum absolute atomic E-state index is 0.121. The molecule has 1 atom stereocenters. The predicted molar refractivity (Wildman–Crippen MR) is 132 cm³/mol. The number of aromatic hydroxyl groups is 2. The van der Waals surface area contributed by atoms with Crippen LogP contribution in [0.15, 0.2) is 72.8 Å². The van der Waals surface area contributed by atoms with Crippen LogP contribution in [-0.4, -0.2) is 48.0 Å². The molecule has 2 aliphatic rings. The number of hydrogen-bond donors (Lipinski definition) is 2. The third kappa shape index (κ3) is 7.96. The molecule has 0 saturated carbocycles. The van der Waals surface area contributed by atoms with E-state index in [0.29, 0.717) is 23.7 Å². The van der Waals surface area contributed by atoms with Crippen molar-refractivity contribution in [3.05, 3.63) is 84.2 Å². The highest BCUT2D eigenvalue weighted by Crippen LogP contribution is 2.38. The van der Waals surface area contributed by atoms with E-state index in [1.807, 2.05) is 43.3 Å². The molecule has 2 heterocycles. The van der Waals surface area contributed by atoms with Crippen molar-refractivity contribution in [1.29, 1.82) is 0 Å². The van der Waals surface area contributed by atoms with Gasteiger partial charge in [-0.3, -0.25) is 4.90 Å². The number of para-hydroxylation sites is 2. The van der Waals surface area contributed by atoms with E-state index in [4.69, 9.17) is 19.7 Å². The molecule has 0 aromatic heterocycles. The smallest absolute Gasteiger partial charge is 0.171 e. The Labute approximate surface area is 201 Å². The molecule has 182 valence electrons. The van der Waals surface area contributed by atoms with Crippen molar-refractivity contribution in [3.63, 3.8) is 0 Å². The van der Waals surface area contributed by atoms with Crippen molar-refractivity contribution < 1.29 is 24.1 Å². The number of fused-ring (bicyclic) bond motifs is 1. The van der Waals surface area contributed by atoms with Gasteiger partial charge in [0.2, 0.25) is 0 Å². The first kappa shape index (κ1) is 25.4. The van der Waals surface area contributed by atoms with Gasteiger partial charge in [-0.05, 0) is 74.7 Å². The van der Waals surface area contributed by atoms with Crippen LogP contribution in [0.2, 0.25) is 0 Å². The molecule has 5 nitrogen and oxygen atoms in total. The topological polar surface area (TPSA) is 62.2 Å². The van der Waals surface area contributed by atoms with Crippen molar-refractivity contribution in [1.82, 2.24) is 4.90 Å². The molecule has 3 aromatic carbocycles. The van der Waals surface area contributed by atoms with Crippen LogP contribution in [0.5, 0.6) is 23.0 Å². The van der Waals surface area contributed by atoms with Crippen LogP contribution in [-0.2, 0) is 0 Å². The summed E-state index contributed by atoms with van der Waals surface area (Å²) in [5.74, 6) is 1.15. The largest absolute Gasteiger partial charge is 0.508 e. The van der Waals surface area contributed by atoms with E-state index in [-0.39, 0.29) is 11.7 Å². The van der Waals surface area contributed by atoms with Crippen LogP contribution >= 0.6 is 0 Å². The van der Waals surface area contributed by atoms with Gasteiger partial charge in [-0.2, -0.15) is 0 Å². The summed E-state index contributed by atoms with van der Waals surface area (Å²) in [6.07, 6.45) is 3.50. The van der Waals surface area contributed by atoms with Crippen LogP contribution in [0.4, 0.5) is 4.39 Å². The van der Waals surface area contributed by atoms with E-state index in [1.165, 1.54) is 32.0 Å². The SMILES string of the molecule is CC1CCOc2ccc(O)c(F)c21.Oc1ccccc1.c1ccc(OCCN2CCCC2)cc1. The monoisotopic (exact) mass is 467 g/mol. The van der Waals surface area contributed by atoms with Crippen molar-refractivity contribution in [2.24, 2.45) is 0 Å². The average molecular weight is 468 g/mol. The summed E-state index contributed by atoms with van der Waals surface area (Å²) in [6.45, 7) is 6.93. The Hall–Kier alpha value is -3.25. The van der Waals surface area contributed by atoms with Gasteiger partial charge in [0.15, 0.2) is 11.6 Å². The average Bonchev–Trinajstić information content (AvgIpc) is 3.37. The summed E-state index contributed by atoms with van der Waals surface area (Å²) >= 11 is 0. The third-order valence-electron chi connectivity index (χ3n) is 5.79. The lowest BCUT2D eigenvalue weighted by atomic mass is 9.94. The van der Waals surface area contributed by atoms with E-state index in [9.17, 15) is 4.39 Å². The summed E-state index contributed by atoms with van der Waals surface area (Å²) in [7, 11) is 0. The van der Waals surface area contributed by atoms with Crippen molar-refractivity contribution in [2.45, 2.75) is 32.1 Å². The number of likely N-dealkylation sites (tertiary alicyclic amines) is 1. The van der Waals surface area contributed by atoms with Gasteiger partial charge in [-0.15, -0.1) is 0 Å². The Balaban J connectivity index is 0.000000151. The fourth-order valence-electron chi connectivity index (χ4n) is 3.88. The van der Waals surface area contributed by atoms with Crippen LogP contribution in [0, 0.1) is 5.82 Å². The van der Waals surface area contributed by atoms with Crippen molar-refractivity contribution in [3.8, 4) is 23.0 Å². The fraction of sp³-hybridized carbons (Fsp3) is 0.357. The zero-order valence-corrected chi connectivity index (χ0v) is 19.7. The molecule has 0 aliphatic carbocycles. The predicted octanol–water partition coefficient (Wildman–Crippen LogP) is 5.97. The molecule has 3 aromatic rings. The Morgan fingerprint density at radius 2 is 1.59 bits per heavy atom. The molecule has 0 bridgehead atoms. The van der Waals surface area contributed by atoms with Crippen molar-refractivity contribution >= 4 is 0 Å². The molecule has 0 radical (unpaired) electrons. The molecule has 1 unspecified atom stereocenters. The normalized spacial score (nSPS) is 16.7. The van der Waals surface area contributed by atoms with Gasteiger partial charge in [0, 0.05) is 12.1 Å². The standard InChI is InChI=1S/C12H17NO.C10H11FO2.C6H6O/c1-2-6-12(7-3-1)14-11-10-13-8-4-5-9-13;1-6-4-5-13-8-3-2-7(12)10(11)9(6)8;7-6-4-2-1-3-5-6/h1-3,6-7H,4-5,8-11H2;2-3,6,12H,4-5H2,1H3;1-5,7H. The molecule has 34 heavy (non-hydrogen) atoms. The van der Waals surface area contributed by atoms with E-state index in [1.54, 1.807) is 30.3 Å². The van der Waals surface area contributed by atoms with E-state index in [0.717, 1.165) is 25.3 Å². The first-order valence-corrected chi connectivity index (χ1v) is 11.8. The van der Waals surface area contributed by atoms with E-state index in [2.05, 4.69) is 4.90 Å². The number of phenols is 2. The van der Waals surface area contributed by atoms with Crippen LogP contribution in [0.25, 0.3) is 0 Å². The number of nitrogens with zero attached hydrogens (tertiary/aromatic N) is 1. The second-order valence-electron chi connectivity index (χ2n) is 8.39. The molecular formula is C28H34FNO4. The van der Waals surface area contributed by atoms with Gasteiger partial charge in [0.1, 0.15) is 23.9 Å². The van der Waals surface area contributed by atoms with Gasteiger partial charge >= 0.3 is 0 Å². The van der Waals surface area contributed by atoms with Crippen LogP contribution in [0.1, 0.15) is 37.7 Å². The van der Waals surface area contributed by atoms with Gasteiger partial charge in [-0.1, -0.05) is 43.3 Å². The molecule has 0 amide bonds.